The van der Waals surface area contributed by atoms with Crippen molar-refractivity contribution in [3.8, 4) is 0 Å². The maximum atomic E-state index is 3.51. The average molecular weight is 295 g/mol. The molecule has 1 aliphatic heterocycles. The van der Waals surface area contributed by atoms with Crippen molar-refractivity contribution in [2.75, 3.05) is 26.2 Å². The Hall–Kier alpha value is -0.0800. The number of hydrogen-bond donors (Lipinski definition) is 1. The van der Waals surface area contributed by atoms with Crippen molar-refractivity contribution in [2.24, 2.45) is 17.8 Å². The van der Waals surface area contributed by atoms with E-state index in [2.05, 4.69) is 31.0 Å². The van der Waals surface area contributed by atoms with Crippen molar-refractivity contribution in [1.29, 1.82) is 0 Å². The second-order valence-electron chi connectivity index (χ2n) is 7.85. The summed E-state index contributed by atoms with van der Waals surface area (Å²) in [6, 6.07) is 0.878. The topological polar surface area (TPSA) is 15.3 Å². The van der Waals surface area contributed by atoms with Gasteiger partial charge in [0, 0.05) is 12.6 Å². The predicted octanol–water partition coefficient (Wildman–Crippen LogP) is 4.30. The van der Waals surface area contributed by atoms with E-state index in [0.29, 0.717) is 0 Å². The molecule has 0 bridgehead atoms. The highest BCUT2D eigenvalue weighted by Crippen LogP contribution is 2.31. The second kappa shape index (κ2) is 9.15. The van der Waals surface area contributed by atoms with Gasteiger partial charge < -0.3 is 10.2 Å². The SMILES string of the molecule is CCCN(CC1CCNCC1)C1CCCC(C(C)C)CC1. The van der Waals surface area contributed by atoms with Gasteiger partial charge in [-0.2, -0.15) is 0 Å². The molecule has 0 spiro atoms. The summed E-state index contributed by atoms with van der Waals surface area (Å²) >= 11 is 0. The Balaban J connectivity index is 1.87. The van der Waals surface area contributed by atoms with Crippen LogP contribution in [0.1, 0.15) is 72.1 Å². The highest BCUT2D eigenvalue weighted by molar-refractivity contribution is 4.81. The van der Waals surface area contributed by atoms with Gasteiger partial charge in [-0.3, -0.25) is 0 Å². The molecule has 2 atom stereocenters. The molecule has 0 aromatic carbocycles. The van der Waals surface area contributed by atoms with Gasteiger partial charge in [0.05, 0.1) is 0 Å². The molecule has 0 aromatic heterocycles. The molecular formula is C19H38N2. The van der Waals surface area contributed by atoms with Gasteiger partial charge in [-0.25, -0.2) is 0 Å². The van der Waals surface area contributed by atoms with Crippen molar-refractivity contribution in [1.82, 2.24) is 10.2 Å². The van der Waals surface area contributed by atoms with Gasteiger partial charge in [-0.05, 0) is 75.9 Å². The third-order valence-corrected chi connectivity index (χ3v) is 5.90. The quantitative estimate of drug-likeness (QED) is 0.735. The van der Waals surface area contributed by atoms with E-state index in [1.54, 1.807) is 0 Å². The Kier molecular flexibility index (Phi) is 7.53. The monoisotopic (exact) mass is 294 g/mol. The maximum Gasteiger partial charge on any atom is 0.00954 e. The molecule has 1 heterocycles. The molecule has 21 heavy (non-hydrogen) atoms. The lowest BCUT2D eigenvalue weighted by atomic mass is 9.89. The van der Waals surface area contributed by atoms with Gasteiger partial charge in [0.15, 0.2) is 0 Å². The minimum Gasteiger partial charge on any atom is -0.317 e. The fourth-order valence-electron chi connectivity index (χ4n) is 4.45. The summed E-state index contributed by atoms with van der Waals surface area (Å²) in [6.07, 6.45) is 11.4. The first kappa shape index (κ1) is 17.3. The molecule has 2 heteroatoms. The first-order valence-electron chi connectivity index (χ1n) is 9.65. The van der Waals surface area contributed by atoms with Crippen LogP contribution in [-0.4, -0.2) is 37.1 Å². The molecule has 1 aliphatic carbocycles. The summed E-state index contributed by atoms with van der Waals surface area (Å²) in [6.45, 7) is 12.4. The summed E-state index contributed by atoms with van der Waals surface area (Å²) in [4.78, 5) is 2.87. The van der Waals surface area contributed by atoms with Crippen LogP contribution in [0.2, 0.25) is 0 Å². The zero-order valence-electron chi connectivity index (χ0n) is 14.7. The van der Waals surface area contributed by atoms with Crippen LogP contribution >= 0.6 is 0 Å². The highest BCUT2D eigenvalue weighted by Gasteiger charge is 2.26. The van der Waals surface area contributed by atoms with E-state index in [1.165, 1.54) is 77.5 Å². The lowest BCUT2D eigenvalue weighted by Crippen LogP contribution is -2.42. The maximum absolute atomic E-state index is 3.51. The Morgan fingerprint density at radius 2 is 1.76 bits per heavy atom. The molecule has 1 saturated heterocycles. The van der Waals surface area contributed by atoms with E-state index in [1.807, 2.05) is 0 Å². The molecule has 0 aromatic rings. The zero-order chi connectivity index (χ0) is 15.1. The van der Waals surface area contributed by atoms with Crippen LogP contribution in [-0.2, 0) is 0 Å². The van der Waals surface area contributed by atoms with Gasteiger partial charge in [-0.15, -0.1) is 0 Å². The van der Waals surface area contributed by atoms with Gasteiger partial charge >= 0.3 is 0 Å². The largest absolute Gasteiger partial charge is 0.317 e. The smallest absolute Gasteiger partial charge is 0.00954 e. The average Bonchev–Trinajstić information content (AvgIpc) is 2.74. The van der Waals surface area contributed by atoms with Crippen LogP contribution in [0.3, 0.4) is 0 Å². The van der Waals surface area contributed by atoms with Crippen molar-refractivity contribution in [3.05, 3.63) is 0 Å². The van der Waals surface area contributed by atoms with Gasteiger partial charge in [0.2, 0.25) is 0 Å². The second-order valence-corrected chi connectivity index (χ2v) is 7.85. The molecule has 2 fully saturated rings. The van der Waals surface area contributed by atoms with E-state index in [0.717, 1.165) is 23.8 Å². The van der Waals surface area contributed by atoms with Gasteiger partial charge in [0.25, 0.3) is 0 Å². The number of nitrogens with one attached hydrogen (secondary N) is 1. The van der Waals surface area contributed by atoms with Crippen molar-refractivity contribution >= 4 is 0 Å². The fraction of sp³-hybridized carbons (Fsp3) is 1.00. The molecule has 1 saturated carbocycles. The third kappa shape index (κ3) is 5.56. The van der Waals surface area contributed by atoms with E-state index in [4.69, 9.17) is 0 Å². The Bertz CT molecular complexity index is 271. The summed E-state index contributed by atoms with van der Waals surface area (Å²) in [7, 11) is 0. The predicted molar refractivity (Wildman–Crippen MR) is 92.7 cm³/mol. The molecule has 0 radical (unpaired) electrons. The number of rotatable bonds is 6. The first-order chi connectivity index (χ1) is 10.2. The molecule has 2 nitrogen and oxygen atoms in total. The highest BCUT2D eigenvalue weighted by atomic mass is 15.2. The normalized spacial score (nSPS) is 29.0. The Morgan fingerprint density at radius 1 is 1.00 bits per heavy atom. The third-order valence-electron chi connectivity index (χ3n) is 5.90. The van der Waals surface area contributed by atoms with Crippen LogP contribution in [0.4, 0.5) is 0 Å². The molecule has 2 unspecified atom stereocenters. The summed E-state index contributed by atoms with van der Waals surface area (Å²) in [5, 5.41) is 3.51. The molecule has 2 rings (SSSR count). The van der Waals surface area contributed by atoms with E-state index < -0.39 is 0 Å². The van der Waals surface area contributed by atoms with Gasteiger partial charge in [0.1, 0.15) is 0 Å². The van der Waals surface area contributed by atoms with Crippen molar-refractivity contribution in [3.63, 3.8) is 0 Å². The fourth-order valence-corrected chi connectivity index (χ4v) is 4.45. The lowest BCUT2D eigenvalue weighted by molar-refractivity contribution is 0.137. The Labute approximate surface area is 133 Å². The summed E-state index contributed by atoms with van der Waals surface area (Å²) < 4.78 is 0. The van der Waals surface area contributed by atoms with Crippen molar-refractivity contribution < 1.29 is 0 Å². The van der Waals surface area contributed by atoms with Crippen LogP contribution in [0, 0.1) is 17.8 Å². The lowest BCUT2D eigenvalue weighted by Gasteiger charge is -2.35. The van der Waals surface area contributed by atoms with E-state index >= 15 is 0 Å². The van der Waals surface area contributed by atoms with Crippen LogP contribution in [0.5, 0.6) is 0 Å². The first-order valence-corrected chi connectivity index (χ1v) is 9.65. The number of nitrogens with zero attached hydrogens (tertiary/aromatic N) is 1. The van der Waals surface area contributed by atoms with Crippen LogP contribution in [0.15, 0.2) is 0 Å². The number of hydrogen-bond acceptors (Lipinski definition) is 2. The molecule has 0 amide bonds. The number of piperidine rings is 1. The molecular weight excluding hydrogens is 256 g/mol. The van der Waals surface area contributed by atoms with Crippen LogP contribution < -0.4 is 5.32 Å². The summed E-state index contributed by atoms with van der Waals surface area (Å²) in [5.74, 6) is 2.81. The minimum absolute atomic E-state index is 0.878. The molecule has 2 aliphatic rings. The zero-order valence-corrected chi connectivity index (χ0v) is 14.7. The summed E-state index contributed by atoms with van der Waals surface area (Å²) in [5.41, 5.74) is 0. The van der Waals surface area contributed by atoms with Crippen LogP contribution in [0.25, 0.3) is 0 Å². The Morgan fingerprint density at radius 3 is 2.43 bits per heavy atom. The molecule has 124 valence electrons. The van der Waals surface area contributed by atoms with E-state index in [-0.39, 0.29) is 0 Å². The minimum atomic E-state index is 0.878. The molecule has 1 N–H and O–H groups in total. The van der Waals surface area contributed by atoms with Crippen molar-refractivity contribution in [2.45, 2.75) is 78.2 Å². The standard InChI is InChI=1S/C19H38N2/c1-4-14-21(15-17-10-12-20-13-11-17)19-7-5-6-18(8-9-19)16(2)3/h16-20H,4-15H2,1-3H3. The van der Waals surface area contributed by atoms with Gasteiger partial charge in [-0.1, -0.05) is 33.6 Å². The van der Waals surface area contributed by atoms with E-state index in [9.17, 15) is 0 Å².